The first-order valence-electron chi connectivity index (χ1n) is 8.24. The topological polar surface area (TPSA) is 42.8 Å². The number of hydrogen-bond acceptors (Lipinski definition) is 4. The Kier molecular flexibility index (Phi) is 6.28. The van der Waals surface area contributed by atoms with Gasteiger partial charge in [-0.25, -0.2) is 4.39 Å². The normalized spacial score (nSPS) is 10.8. The smallest absolute Gasteiger partial charge is 0.161 e. The monoisotopic (exact) mass is 384 g/mol. The number of hydrogen-bond donors (Lipinski definition) is 1. The number of anilines is 1. The molecular weight excluding hydrogens is 367 g/mol. The fraction of sp³-hybridized carbons (Fsp3) is 0.0952. The average Bonchev–Trinajstić information content (AvgIpc) is 2.68. The molecule has 0 aliphatic rings. The Labute approximate surface area is 162 Å². The van der Waals surface area contributed by atoms with E-state index in [0.29, 0.717) is 22.1 Å². The van der Waals surface area contributed by atoms with E-state index >= 15 is 0 Å². The van der Waals surface area contributed by atoms with Gasteiger partial charge in [-0.2, -0.15) is 5.10 Å². The summed E-state index contributed by atoms with van der Waals surface area (Å²) in [5, 5.41) is 4.82. The van der Waals surface area contributed by atoms with Gasteiger partial charge in [0.15, 0.2) is 11.5 Å². The summed E-state index contributed by atoms with van der Waals surface area (Å²) in [5.74, 6) is 0.769. The van der Waals surface area contributed by atoms with Crippen LogP contribution >= 0.6 is 11.6 Å². The third-order valence-corrected chi connectivity index (χ3v) is 4.00. The Morgan fingerprint density at radius 2 is 1.89 bits per heavy atom. The number of benzene rings is 3. The molecule has 3 aromatic carbocycles. The molecule has 0 amide bonds. The summed E-state index contributed by atoms with van der Waals surface area (Å²) in [6, 6.07) is 19.2. The van der Waals surface area contributed by atoms with E-state index in [0.717, 1.165) is 11.3 Å². The van der Waals surface area contributed by atoms with Crippen molar-refractivity contribution in [2.75, 3.05) is 12.5 Å². The lowest BCUT2D eigenvalue weighted by Gasteiger charge is -2.11. The van der Waals surface area contributed by atoms with Crippen molar-refractivity contribution in [1.82, 2.24) is 0 Å². The Morgan fingerprint density at radius 1 is 1.04 bits per heavy atom. The zero-order valence-electron chi connectivity index (χ0n) is 14.7. The van der Waals surface area contributed by atoms with Crippen LogP contribution in [-0.4, -0.2) is 13.3 Å². The minimum absolute atomic E-state index is 0.118. The highest BCUT2D eigenvalue weighted by atomic mass is 35.5. The molecule has 0 saturated carbocycles. The molecule has 0 saturated heterocycles. The molecule has 0 heterocycles. The molecule has 4 nitrogen and oxygen atoms in total. The molecule has 0 aliphatic heterocycles. The second kappa shape index (κ2) is 9.05. The Hall–Kier alpha value is -3.05. The van der Waals surface area contributed by atoms with Gasteiger partial charge in [0.05, 0.1) is 19.0 Å². The van der Waals surface area contributed by atoms with E-state index in [-0.39, 0.29) is 12.4 Å². The SMILES string of the molecule is COc1cc(C=NNc2cccc(Cl)c2)ccc1OCc1ccccc1F. The molecule has 0 atom stereocenters. The largest absolute Gasteiger partial charge is 0.493 e. The maximum Gasteiger partial charge on any atom is 0.161 e. The van der Waals surface area contributed by atoms with Gasteiger partial charge >= 0.3 is 0 Å². The van der Waals surface area contributed by atoms with Gasteiger partial charge in [0.1, 0.15) is 12.4 Å². The molecule has 3 aromatic rings. The zero-order chi connectivity index (χ0) is 19.1. The third kappa shape index (κ3) is 5.21. The summed E-state index contributed by atoms with van der Waals surface area (Å²) < 4.78 is 24.8. The molecule has 6 heteroatoms. The highest BCUT2D eigenvalue weighted by molar-refractivity contribution is 6.30. The molecule has 0 radical (unpaired) electrons. The van der Waals surface area contributed by atoms with Crippen molar-refractivity contribution in [3.8, 4) is 11.5 Å². The van der Waals surface area contributed by atoms with Crippen molar-refractivity contribution < 1.29 is 13.9 Å². The third-order valence-electron chi connectivity index (χ3n) is 3.76. The maximum absolute atomic E-state index is 13.7. The van der Waals surface area contributed by atoms with Crippen LogP contribution in [0.15, 0.2) is 71.8 Å². The number of rotatable bonds is 7. The van der Waals surface area contributed by atoms with E-state index in [2.05, 4.69) is 10.5 Å². The first-order chi connectivity index (χ1) is 13.2. The van der Waals surface area contributed by atoms with E-state index in [1.54, 1.807) is 55.8 Å². The van der Waals surface area contributed by atoms with Gasteiger partial charge in [-0.3, -0.25) is 5.43 Å². The highest BCUT2D eigenvalue weighted by Gasteiger charge is 2.07. The zero-order valence-corrected chi connectivity index (χ0v) is 15.4. The fourth-order valence-electron chi connectivity index (χ4n) is 2.39. The number of ether oxygens (including phenoxy) is 2. The predicted octanol–water partition coefficient (Wildman–Crippen LogP) is 5.51. The van der Waals surface area contributed by atoms with E-state index in [4.69, 9.17) is 21.1 Å². The summed E-state index contributed by atoms with van der Waals surface area (Å²) in [6.07, 6.45) is 1.66. The van der Waals surface area contributed by atoms with E-state index < -0.39 is 0 Å². The van der Waals surface area contributed by atoms with Crippen LogP contribution in [0.25, 0.3) is 0 Å². The lowest BCUT2D eigenvalue weighted by Crippen LogP contribution is -2.00. The summed E-state index contributed by atoms with van der Waals surface area (Å²) >= 11 is 5.94. The minimum Gasteiger partial charge on any atom is -0.493 e. The summed E-state index contributed by atoms with van der Waals surface area (Å²) in [6.45, 7) is 0.118. The van der Waals surface area contributed by atoms with Crippen LogP contribution in [0.4, 0.5) is 10.1 Å². The molecule has 3 rings (SSSR count). The quantitative estimate of drug-likeness (QED) is 0.431. The average molecular weight is 385 g/mol. The van der Waals surface area contributed by atoms with E-state index in [9.17, 15) is 4.39 Å². The van der Waals surface area contributed by atoms with Gasteiger partial charge in [0.2, 0.25) is 0 Å². The first kappa shape index (κ1) is 18.7. The molecule has 0 bridgehead atoms. The number of hydrazone groups is 1. The second-order valence-corrected chi connectivity index (χ2v) is 6.11. The number of methoxy groups -OCH3 is 1. The van der Waals surface area contributed by atoms with Crippen LogP contribution < -0.4 is 14.9 Å². The first-order valence-corrected chi connectivity index (χ1v) is 8.62. The molecule has 138 valence electrons. The molecule has 0 aromatic heterocycles. The van der Waals surface area contributed by atoms with Crippen LogP contribution in [0.3, 0.4) is 0 Å². The van der Waals surface area contributed by atoms with Crippen molar-refractivity contribution in [1.29, 1.82) is 0 Å². The highest BCUT2D eigenvalue weighted by Crippen LogP contribution is 2.28. The fourth-order valence-corrected chi connectivity index (χ4v) is 2.58. The van der Waals surface area contributed by atoms with Gasteiger partial charge < -0.3 is 9.47 Å². The molecular formula is C21H18ClFN2O2. The van der Waals surface area contributed by atoms with Crippen molar-refractivity contribution in [2.24, 2.45) is 5.10 Å². The van der Waals surface area contributed by atoms with Gasteiger partial charge in [0.25, 0.3) is 0 Å². The van der Waals surface area contributed by atoms with Crippen LogP contribution in [0.5, 0.6) is 11.5 Å². The second-order valence-electron chi connectivity index (χ2n) is 5.67. The van der Waals surface area contributed by atoms with Crippen LogP contribution in [-0.2, 0) is 6.61 Å². The van der Waals surface area contributed by atoms with Crippen molar-refractivity contribution in [2.45, 2.75) is 6.61 Å². The molecule has 0 aliphatic carbocycles. The lowest BCUT2D eigenvalue weighted by atomic mass is 10.2. The van der Waals surface area contributed by atoms with E-state index in [1.807, 2.05) is 18.2 Å². The maximum atomic E-state index is 13.7. The van der Waals surface area contributed by atoms with Gasteiger partial charge in [-0.15, -0.1) is 0 Å². The van der Waals surface area contributed by atoms with Crippen molar-refractivity contribution in [3.63, 3.8) is 0 Å². The number of nitrogens with one attached hydrogen (secondary N) is 1. The molecule has 1 N–H and O–H groups in total. The molecule has 0 fully saturated rings. The van der Waals surface area contributed by atoms with Gasteiger partial charge in [0, 0.05) is 10.6 Å². The lowest BCUT2D eigenvalue weighted by molar-refractivity contribution is 0.279. The summed E-state index contributed by atoms with van der Waals surface area (Å²) in [7, 11) is 1.55. The summed E-state index contributed by atoms with van der Waals surface area (Å²) in [4.78, 5) is 0. The Balaban J connectivity index is 1.66. The number of nitrogens with zero attached hydrogens (tertiary/aromatic N) is 1. The molecule has 27 heavy (non-hydrogen) atoms. The van der Waals surface area contributed by atoms with Crippen molar-refractivity contribution in [3.05, 3.63) is 88.7 Å². The van der Waals surface area contributed by atoms with Crippen LogP contribution in [0, 0.1) is 5.82 Å². The van der Waals surface area contributed by atoms with E-state index in [1.165, 1.54) is 6.07 Å². The Morgan fingerprint density at radius 3 is 2.67 bits per heavy atom. The van der Waals surface area contributed by atoms with Crippen LogP contribution in [0.2, 0.25) is 5.02 Å². The number of halogens is 2. The minimum atomic E-state index is -0.299. The van der Waals surface area contributed by atoms with Gasteiger partial charge in [-0.05, 0) is 48.0 Å². The van der Waals surface area contributed by atoms with Gasteiger partial charge in [-0.1, -0.05) is 35.9 Å². The summed E-state index contributed by atoms with van der Waals surface area (Å²) in [5.41, 5.74) is 5.00. The molecule has 0 unspecified atom stereocenters. The molecule has 0 spiro atoms. The standard InChI is InChI=1S/C21H18ClFN2O2/c1-26-21-11-15(13-24-25-18-7-4-6-17(22)12-18)9-10-20(21)27-14-16-5-2-3-8-19(16)23/h2-13,25H,14H2,1H3. The van der Waals surface area contributed by atoms with Crippen molar-refractivity contribution >= 4 is 23.5 Å². The van der Waals surface area contributed by atoms with Crippen LogP contribution in [0.1, 0.15) is 11.1 Å². The Bertz CT molecular complexity index is 947. The predicted molar refractivity (Wildman–Crippen MR) is 106 cm³/mol.